The summed E-state index contributed by atoms with van der Waals surface area (Å²) in [6, 6.07) is 0.0887. The largest absolute Gasteiger partial charge is 0.395 e. The van der Waals surface area contributed by atoms with Crippen LogP contribution in [0.15, 0.2) is 23.8 Å². The van der Waals surface area contributed by atoms with Crippen molar-refractivity contribution in [3.63, 3.8) is 0 Å². The van der Waals surface area contributed by atoms with E-state index in [-0.39, 0.29) is 12.6 Å². The van der Waals surface area contributed by atoms with Crippen molar-refractivity contribution in [1.29, 1.82) is 0 Å². The predicted octanol–water partition coefficient (Wildman–Crippen LogP) is 0.999. The summed E-state index contributed by atoms with van der Waals surface area (Å²) < 4.78 is 0. The molecule has 0 saturated heterocycles. The summed E-state index contributed by atoms with van der Waals surface area (Å²) in [5, 5.41) is 9.10. The summed E-state index contributed by atoms with van der Waals surface area (Å²) in [5.74, 6) is 0. The zero-order valence-corrected chi connectivity index (χ0v) is 13.7. The molecule has 0 radical (unpaired) electrons. The molecule has 5 nitrogen and oxygen atoms in total. The number of nitrogens with two attached hydrogens (primary N) is 1. The van der Waals surface area contributed by atoms with Gasteiger partial charge in [0.1, 0.15) is 0 Å². The van der Waals surface area contributed by atoms with E-state index in [4.69, 9.17) is 10.8 Å². The highest BCUT2D eigenvalue weighted by molar-refractivity contribution is 5.47. The van der Waals surface area contributed by atoms with Gasteiger partial charge in [-0.2, -0.15) is 0 Å². The minimum absolute atomic E-state index is 0.0887. The van der Waals surface area contributed by atoms with E-state index in [0.29, 0.717) is 13.1 Å². The molecule has 5 heteroatoms. The van der Waals surface area contributed by atoms with Crippen LogP contribution in [0.4, 0.5) is 0 Å². The summed E-state index contributed by atoms with van der Waals surface area (Å²) in [7, 11) is 1.77. The van der Waals surface area contributed by atoms with E-state index in [2.05, 4.69) is 17.9 Å². The average Bonchev–Trinajstić information content (AvgIpc) is 2.46. The van der Waals surface area contributed by atoms with Crippen molar-refractivity contribution in [2.24, 2.45) is 5.73 Å². The van der Waals surface area contributed by atoms with Crippen molar-refractivity contribution in [3.05, 3.63) is 23.8 Å². The molecule has 0 rings (SSSR count). The first-order chi connectivity index (χ1) is 10.1. The van der Waals surface area contributed by atoms with E-state index in [1.807, 2.05) is 19.1 Å². The SMILES string of the molecule is CCCN(CCO)C/C(=C/CN)CC=CC(C)N(C)C=O. The number of hydrogen-bond acceptors (Lipinski definition) is 4. The van der Waals surface area contributed by atoms with Crippen molar-refractivity contribution >= 4 is 6.41 Å². The normalized spacial score (nSPS) is 13.9. The molecule has 0 aromatic carbocycles. The number of rotatable bonds is 12. The van der Waals surface area contributed by atoms with E-state index in [0.717, 1.165) is 32.3 Å². The smallest absolute Gasteiger partial charge is 0.209 e. The number of hydrogen-bond donors (Lipinski definition) is 2. The van der Waals surface area contributed by atoms with Gasteiger partial charge in [0, 0.05) is 32.7 Å². The first-order valence-electron chi connectivity index (χ1n) is 7.64. The number of likely N-dealkylation sites (N-methyl/N-ethyl adjacent to an activating group) is 1. The van der Waals surface area contributed by atoms with Crippen LogP contribution in [0, 0.1) is 0 Å². The summed E-state index contributed by atoms with van der Waals surface area (Å²) in [6.07, 6.45) is 8.85. The van der Waals surface area contributed by atoms with Gasteiger partial charge in [-0.05, 0) is 26.3 Å². The third-order valence-corrected chi connectivity index (χ3v) is 3.39. The summed E-state index contributed by atoms with van der Waals surface area (Å²) in [4.78, 5) is 14.5. The van der Waals surface area contributed by atoms with Gasteiger partial charge >= 0.3 is 0 Å². The van der Waals surface area contributed by atoms with E-state index in [1.54, 1.807) is 11.9 Å². The maximum Gasteiger partial charge on any atom is 0.209 e. The first kappa shape index (κ1) is 19.8. The molecule has 0 spiro atoms. The van der Waals surface area contributed by atoms with Gasteiger partial charge in [-0.3, -0.25) is 9.69 Å². The number of amides is 1. The molecule has 0 aromatic heterocycles. The Morgan fingerprint density at radius 2 is 2.10 bits per heavy atom. The second-order valence-electron chi connectivity index (χ2n) is 5.24. The molecule has 3 N–H and O–H groups in total. The lowest BCUT2D eigenvalue weighted by Gasteiger charge is -2.22. The van der Waals surface area contributed by atoms with Gasteiger partial charge in [-0.15, -0.1) is 0 Å². The Labute approximate surface area is 129 Å². The number of aliphatic hydroxyl groups is 1. The van der Waals surface area contributed by atoms with Crippen LogP contribution in [0.25, 0.3) is 0 Å². The van der Waals surface area contributed by atoms with Gasteiger partial charge in [0.25, 0.3) is 0 Å². The van der Waals surface area contributed by atoms with Crippen LogP contribution < -0.4 is 5.73 Å². The van der Waals surface area contributed by atoms with Crippen LogP contribution in [-0.2, 0) is 4.79 Å². The third-order valence-electron chi connectivity index (χ3n) is 3.39. The molecule has 0 aliphatic heterocycles. The summed E-state index contributed by atoms with van der Waals surface area (Å²) in [5.41, 5.74) is 6.88. The van der Waals surface area contributed by atoms with Gasteiger partial charge in [-0.1, -0.05) is 30.7 Å². The van der Waals surface area contributed by atoms with E-state index < -0.39 is 0 Å². The Bertz CT molecular complexity index is 323. The third kappa shape index (κ3) is 9.39. The number of nitrogens with zero attached hydrogens (tertiary/aromatic N) is 2. The molecule has 0 aliphatic carbocycles. The Hall–Kier alpha value is -1.17. The highest BCUT2D eigenvalue weighted by atomic mass is 16.3. The first-order valence-corrected chi connectivity index (χ1v) is 7.64. The quantitative estimate of drug-likeness (QED) is 0.416. The maximum absolute atomic E-state index is 10.7. The van der Waals surface area contributed by atoms with Crippen LogP contribution in [0.1, 0.15) is 26.7 Å². The molecule has 0 heterocycles. The molecule has 0 saturated carbocycles. The predicted molar refractivity (Wildman–Crippen MR) is 88.0 cm³/mol. The van der Waals surface area contributed by atoms with E-state index >= 15 is 0 Å². The van der Waals surface area contributed by atoms with Crippen molar-refractivity contribution < 1.29 is 9.90 Å². The lowest BCUT2D eigenvalue weighted by atomic mass is 10.1. The topological polar surface area (TPSA) is 69.8 Å². The minimum Gasteiger partial charge on any atom is -0.395 e. The standard InChI is InChI=1S/C16H31N3O2/c1-4-10-19(11-12-20)13-16(8-9-17)7-5-6-15(2)18(3)14-21/h5-6,8,14-15,20H,4,7,9-13,17H2,1-3H3/b6-5?,16-8+. The fourth-order valence-corrected chi connectivity index (χ4v) is 2.04. The molecule has 1 unspecified atom stereocenters. The van der Waals surface area contributed by atoms with Crippen LogP contribution in [0.5, 0.6) is 0 Å². The summed E-state index contributed by atoms with van der Waals surface area (Å²) >= 11 is 0. The lowest BCUT2D eigenvalue weighted by molar-refractivity contribution is -0.117. The fraction of sp³-hybridized carbons (Fsp3) is 0.688. The number of allylic oxidation sites excluding steroid dienone is 1. The lowest BCUT2D eigenvalue weighted by Crippen LogP contribution is -2.30. The van der Waals surface area contributed by atoms with Gasteiger partial charge in [0.2, 0.25) is 6.41 Å². The van der Waals surface area contributed by atoms with Crippen LogP contribution in [0.2, 0.25) is 0 Å². The zero-order valence-electron chi connectivity index (χ0n) is 13.7. The molecule has 1 amide bonds. The van der Waals surface area contributed by atoms with Gasteiger partial charge in [0.05, 0.1) is 6.61 Å². The van der Waals surface area contributed by atoms with Crippen LogP contribution in [0.3, 0.4) is 0 Å². The number of carbonyl (C=O) groups is 1. The Kier molecular flexibility index (Phi) is 11.9. The van der Waals surface area contributed by atoms with Crippen molar-refractivity contribution in [1.82, 2.24) is 9.80 Å². The van der Waals surface area contributed by atoms with Crippen molar-refractivity contribution in [2.75, 3.05) is 39.8 Å². The van der Waals surface area contributed by atoms with Crippen LogP contribution >= 0.6 is 0 Å². The Morgan fingerprint density at radius 3 is 2.62 bits per heavy atom. The minimum atomic E-state index is 0.0887. The molecule has 21 heavy (non-hydrogen) atoms. The van der Waals surface area contributed by atoms with E-state index in [9.17, 15) is 4.79 Å². The molecule has 0 fully saturated rings. The maximum atomic E-state index is 10.7. The highest BCUT2D eigenvalue weighted by Crippen LogP contribution is 2.07. The molecule has 0 aromatic rings. The number of aliphatic hydroxyl groups excluding tert-OH is 1. The average molecular weight is 297 g/mol. The van der Waals surface area contributed by atoms with Crippen molar-refractivity contribution in [2.45, 2.75) is 32.7 Å². The highest BCUT2D eigenvalue weighted by Gasteiger charge is 2.06. The fourth-order valence-electron chi connectivity index (χ4n) is 2.04. The Balaban J connectivity index is 4.51. The van der Waals surface area contributed by atoms with Crippen molar-refractivity contribution in [3.8, 4) is 0 Å². The Morgan fingerprint density at radius 1 is 1.38 bits per heavy atom. The molecule has 0 bridgehead atoms. The number of carbonyl (C=O) groups excluding carboxylic acids is 1. The second kappa shape index (κ2) is 12.6. The molecule has 122 valence electrons. The molecular weight excluding hydrogens is 266 g/mol. The van der Waals surface area contributed by atoms with Gasteiger partial charge in [-0.25, -0.2) is 0 Å². The van der Waals surface area contributed by atoms with Crippen LogP contribution in [-0.4, -0.2) is 67.2 Å². The molecular formula is C16H31N3O2. The molecule has 0 aliphatic rings. The summed E-state index contributed by atoms with van der Waals surface area (Å²) in [6.45, 7) is 7.28. The van der Waals surface area contributed by atoms with Gasteiger partial charge < -0.3 is 15.7 Å². The van der Waals surface area contributed by atoms with E-state index in [1.165, 1.54) is 5.57 Å². The monoisotopic (exact) mass is 297 g/mol. The molecule has 1 atom stereocenters. The second-order valence-corrected chi connectivity index (χ2v) is 5.24. The van der Waals surface area contributed by atoms with Gasteiger partial charge in [0.15, 0.2) is 0 Å². The zero-order chi connectivity index (χ0) is 16.1.